The average molecular weight is 551 g/mol. The quantitative estimate of drug-likeness (QED) is 0.419. The van der Waals surface area contributed by atoms with Gasteiger partial charge in [-0.25, -0.2) is 0 Å². The predicted octanol–water partition coefficient (Wildman–Crippen LogP) is 2.60. The molecular formula is C31H38N2O7. The summed E-state index contributed by atoms with van der Waals surface area (Å²) in [5.41, 5.74) is -1.13. The van der Waals surface area contributed by atoms with Gasteiger partial charge in [0.1, 0.15) is 5.60 Å². The molecule has 0 unspecified atom stereocenters. The summed E-state index contributed by atoms with van der Waals surface area (Å²) in [6.07, 6.45) is 10.1. The number of amides is 1. The fourth-order valence-electron chi connectivity index (χ4n) is 8.13. The number of aromatic nitrogens is 1. The van der Waals surface area contributed by atoms with Crippen molar-refractivity contribution in [1.29, 1.82) is 0 Å². The van der Waals surface area contributed by atoms with Gasteiger partial charge < -0.3 is 20.3 Å². The Labute approximate surface area is 234 Å². The molecule has 9 heteroatoms. The van der Waals surface area contributed by atoms with Crippen LogP contribution < -0.4 is 5.32 Å². The number of fused-ring (bicyclic) bond motifs is 5. The van der Waals surface area contributed by atoms with Crippen molar-refractivity contribution in [2.75, 3.05) is 6.61 Å². The van der Waals surface area contributed by atoms with Crippen LogP contribution in [0.3, 0.4) is 0 Å². The number of allylic oxidation sites excluding steroid dienone is 4. The highest BCUT2D eigenvalue weighted by atomic mass is 16.5. The van der Waals surface area contributed by atoms with Crippen LogP contribution in [-0.2, 0) is 30.5 Å². The van der Waals surface area contributed by atoms with E-state index in [-0.39, 0.29) is 55.1 Å². The molecule has 1 aromatic heterocycles. The van der Waals surface area contributed by atoms with Gasteiger partial charge in [-0.3, -0.25) is 24.2 Å². The second-order valence-electron chi connectivity index (χ2n) is 12.3. The van der Waals surface area contributed by atoms with Crippen LogP contribution >= 0.6 is 0 Å². The van der Waals surface area contributed by atoms with Crippen LogP contribution in [0.25, 0.3) is 0 Å². The first-order valence-electron chi connectivity index (χ1n) is 14.2. The van der Waals surface area contributed by atoms with E-state index in [4.69, 9.17) is 4.74 Å². The van der Waals surface area contributed by atoms with E-state index in [2.05, 4.69) is 17.2 Å². The van der Waals surface area contributed by atoms with Gasteiger partial charge in [0.15, 0.2) is 12.4 Å². The Morgan fingerprint density at radius 2 is 2.00 bits per heavy atom. The summed E-state index contributed by atoms with van der Waals surface area (Å²) in [6, 6.07) is 3.60. The largest absolute Gasteiger partial charge is 0.458 e. The van der Waals surface area contributed by atoms with Gasteiger partial charge in [-0.1, -0.05) is 31.6 Å². The van der Waals surface area contributed by atoms with Gasteiger partial charge in [0, 0.05) is 42.1 Å². The molecule has 4 aliphatic rings. The highest BCUT2D eigenvalue weighted by Crippen LogP contribution is 2.67. The van der Waals surface area contributed by atoms with E-state index < -0.39 is 40.9 Å². The van der Waals surface area contributed by atoms with Crippen LogP contribution in [0.1, 0.15) is 64.4 Å². The summed E-state index contributed by atoms with van der Waals surface area (Å²) in [5, 5.41) is 25.9. The molecule has 1 amide bonds. The third kappa shape index (κ3) is 4.83. The molecule has 4 aliphatic carbocycles. The maximum absolute atomic E-state index is 13.4. The molecular weight excluding hydrogens is 512 g/mol. The third-order valence-electron chi connectivity index (χ3n) is 10.2. The predicted molar refractivity (Wildman–Crippen MR) is 144 cm³/mol. The first-order chi connectivity index (χ1) is 19.0. The minimum absolute atomic E-state index is 0.0125. The lowest BCUT2D eigenvalue weighted by molar-refractivity contribution is -0.181. The number of ether oxygens (including phenoxy) is 1. The smallest absolute Gasteiger partial charge is 0.306 e. The normalized spacial score (nSPS) is 36.1. The topological polar surface area (TPSA) is 143 Å². The lowest BCUT2D eigenvalue weighted by Crippen LogP contribution is -2.61. The van der Waals surface area contributed by atoms with E-state index in [1.54, 1.807) is 30.6 Å². The number of carbonyl (C=O) groups is 4. The molecule has 9 nitrogen and oxygen atoms in total. The van der Waals surface area contributed by atoms with E-state index in [9.17, 15) is 29.4 Å². The molecule has 0 radical (unpaired) electrons. The second-order valence-corrected chi connectivity index (χ2v) is 12.3. The van der Waals surface area contributed by atoms with Crippen molar-refractivity contribution in [3.8, 4) is 0 Å². The van der Waals surface area contributed by atoms with Gasteiger partial charge in [0.25, 0.3) is 0 Å². The van der Waals surface area contributed by atoms with E-state index >= 15 is 0 Å². The first-order valence-corrected chi connectivity index (χ1v) is 14.2. The molecule has 0 aromatic carbocycles. The Morgan fingerprint density at radius 3 is 2.75 bits per heavy atom. The standard InChI is InChI=1S/C31H38N2O7/c1-29-11-9-21(34)14-20(29)5-6-22-23-10-12-31(39,30(23,2)15-24(35)28(22)29)25(36)18-40-27(38)8-7-26(37)33-17-19-4-3-13-32-16-19/h3-4,9,11,13-14,16,22-24,28,35,39H,5-8,10,12,15,17-18H2,1-2H3,(H,33,37)/t22-,23+,24+,28+,29+,30+,31-/m1/s1. The number of rotatable bonds is 8. The number of hydrogen-bond acceptors (Lipinski definition) is 8. The summed E-state index contributed by atoms with van der Waals surface area (Å²) in [4.78, 5) is 53.8. The summed E-state index contributed by atoms with van der Waals surface area (Å²) in [7, 11) is 0. The lowest BCUT2D eigenvalue weighted by Gasteiger charge is -2.59. The fourth-order valence-corrected chi connectivity index (χ4v) is 8.13. The zero-order chi connectivity index (χ0) is 28.7. The van der Waals surface area contributed by atoms with Crippen LogP contribution in [0.2, 0.25) is 0 Å². The van der Waals surface area contributed by atoms with Gasteiger partial charge in [-0.2, -0.15) is 0 Å². The van der Waals surface area contributed by atoms with Crippen molar-refractivity contribution in [2.24, 2.45) is 28.6 Å². The number of hydrogen-bond donors (Lipinski definition) is 3. The van der Waals surface area contributed by atoms with Gasteiger partial charge in [-0.15, -0.1) is 0 Å². The monoisotopic (exact) mass is 550 g/mol. The molecule has 0 spiro atoms. The molecule has 3 saturated carbocycles. The Morgan fingerprint density at radius 1 is 1.20 bits per heavy atom. The van der Waals surface area contributed by atoms with Gasteiger partial charge in [0.2, 0.25) is 11.7 Å². The SMILES string of the molecule is C[C@]12C=CC(=O)C=C1CC[C@H]1[C@H]2[C@@H](O)C[C@@]2(C)[C@H]1CC[C@@]2(O)C(=O)COC(=O)CCC(=O)NCc1cccnc1. The molecule has 214 valence electrons. The molecule has 1 heterocycles. The molecule has 3 fully saturated rings. The van der Waals surface area contributed by atoms with E-state index in [1.807, 2.05) is 19.1 Å². The van der Waals surface area contributed by atoms with Crippen molar-refractivity contribution < 1.29 is 34.1 Å². The highest BCUT2D eigenvalue weighted by Gasteiger charge is 2.68. The summed E-state index contributed by atoms with van der Waals surface area (Å²) in [6.45, 7) is 3.68. The Bertz CT molecular complexity index is 1260. The van der Waals surface area contributed by atoms with Crippen LogP contribution in [0.5, 0.6) is 0 Å². The van der Waals surface area contributed by atoms with E-state index in [1.165, 1.54) is 0 Å². The molecule has 3 N–H and O–H groups in total. The molecule has 0 bridgehead atoms. The fraction of sp³-hybridized carbons (Fsp3) is 0.581. The van der Waals surface area contributed by atoms with Crippen LogP contribution in [0.4, 0.5) is 0 Å². The number of nitrogens with zero attached hydrogens (tertiary/aromatic N) is 1. The second kappa shape index (κ2) is 10.7. The maximum atomic E-state index is 13.4. The molecule has 0 aliphatic heterocycles. The minimum atomic E-state index is -1.72. The average Bonchev–Trinajstić information content (AvgIpc) is 3.20. The lowest BCUT2D eigenvalue weighted by atomic mass is 9.46. The number of pyridine rings is 1. The number of nitrogens with one attached hydrogen (secondary N) is 1. The molecule has 1 aromatic rings. The van der Waals surface area contributed by atoms with Crippen LogP contribution in [0.15, 0.2) is 48.3 Å². The number of esters is 1. The number of aliphatic hydroxyl groups excluding tert-OH is 1. The number of Topliss-reactive ketones (excluding diaryl/α,β-unsaturated/α-hetero) is 1. The maximum Gasteiger partial charge on any atom is 0.306 e. The van der Waals surface area contributed by atoms with Gasteiger partial charge in [0.05, 0.1) is 12.5 Å². The van der Waals surface area contributed by atoms with Crippen LogP contribution in [-0.4, -0.2) is 57.0 Å². The molecule has 5 rings (SSSR count). The Kier molecular flexibility index (Phi) is 7.56. The van der Waals surface area contributed by atoms with Crippen molar-refractivity contribution in [2.45, 2.75) is 77.0 Å². The molecule has 0 saturated heterocycles. The number of aliphatic hydroxyl groups is 2. The van der Waals surface area contributed by atoms with Crippen molar-refractivity contribution in [3.63, 3.8) is 0 Å². The first kappa shape index (κ1) is 28.4. The van der Waals surface area contributed by atoms with Gasteiger partial charge in [-0.05, 0) is 67.7 Å². The van der Waals surface area contributed by atoms with Gasteiger partial charge >= 0.3 is 5.97 Å². The summed E-state index contributed by atoms with van der Waals surface area (Å²) >= 11 is 0. The minimum Gasteiger partial charge on any atom is -0.458 e. The zero-order valence-corrected chi connectivity index (χ0v) is 23.1. The number of ketones is 2. The van der Waals surface area contributed by atoms with Crippen molar-refractivity contribution in [1.82, 2.24) is 10.3 Å². The summed E-state index contributed by atoms with van der Waals surface area (Å²) < 4.78 is 5.20. The highest BCUT2D eigenvalue weighted by molar-refractivity contribution is 6.01. The van der Waals surface area contributed by atoms with E-state index in [0.717, 1.165) is 24.0 Å². The Hall–Kier alpha value is -3.17. The van der Waals surface area contributed by atoms with Crippen molar-refractivity contribution >= 4 is 23.4 Å². The van der Waals surface area contributed by atoms with Crippen molar-refractivity contribution in [3.05, 3.63) is 53.9 Å². The third-order valence-corrected chi connectivity index (χ3v) is 10.2. The zero-order valence-electron chi connectivity index (χ0n) is 23.1. The summed E-state index contributed by atoms with van der Waals surface area (Å²) in [5.74, 6) is -1.60. The molecule has 40 heavy (non-hydrogen) atoms. The number of carbonyl (C=O) groups excluding carboxylic acids is 4. The van der Waals surface area contributed by atoms with E-state index in [0.29, 0.717) is 13.0 Å². The Balaban J connectivity index is 1.18. The van der Waals surface area contributed by atoms with Crippen LogP contribution in [0, 0.1) is 28.6 Å². The molecule has 7 atom stereocenters.